The van der Waals surface area contributed by atoms with Crippen molar-refractivity contribution in [2.75, 3.05) is 0 Å². The first-order valence-corrected chi connectivity index (χ1v) is 12.9. The molecule has 6 aromatic rings. The van der Waals surface area contributed by atoms with Gasteiger partial charge in [-0.1, -0.05) is 78.9 Å². The first-order valence-electron chi connectivity index (χ1n) is 11.2. The van der Waals surface area contributed by atoms with E-state index in [0.29, 0.717) is 16.8 Å². The average Bonchev–Trinajstić information content (AvgIpc) is 3.46. The predicted octanol–water partition coefficient (Wildman–Crippen LogP) is 7.99. The number of fused-ring (bicyclic) bond motifs is 1. The van der Waals surface area contributed by atoms with E-state index in [4.69, 9.17) is 14.4 Å². The number of aryl methyl sites for hydroxylation is 2. The smallest absolute Gasteiger partial charge is 0.346 e. The Morgan fingerprint density at radius 3 is 1.69 bits per heavy atom. The van der Waals surface area contributed by atoms with Gasteiger partial charge in [-0.15, -0.1) is 22.7 Å². The summed E-state index contributed by atoms with van der Waals surface area (Å²) in [6.45, 7) is 4.05. The van der Waals surface area contributed by atoms with Crippen LogP contribution in [0, 0.1) is 13.8 Å². The van der Waals surface area contributed by atoms with Gasteiger partial charge in [0.15, 0.2) is 0 Å². The normalized spacial score (nSPS) is 11.3. The van der Waals surface area contributed by atoms with Crippen LogP contribution < -0.4 is 5.63 Å². The van der Waals surface area contributed by atoms with E-state index in [1.165, 1.54) is 0 Å². The summed E-state index contributed by atoms with van der Waals surface area (Å²) in [6, 6.07) is 27.8. The minimum atomic E-state index is -0.402. The van der Waals surface area contributed by atoms with Gasteiger partial charge >= 0.3 is 5.63 Å². The number of aromatic nitrogens is 2. The molecule has 3 heterocycles. The van der Waals surface area contributed by atoms with Crippen molar-refractivity contribution in [3.05, 3.63) is 105 Å². The van der Waals surface area contributed by atoms with Crippen LogP contribution in [-0.4, -0.2) is 9.97 Å². The maximum atomic E-state index is 13.5. The first-order chi connectivity index (χ1) is 17.1. The molecule has 0 aliphatic heterocycles. The van der Waals surface area contributed by atoms with E-state index in [1.54, 1.807) is 22.7 Å². The van der Waals surface area contributed by atoms with Crippen LogP contribution >= 0.6 is 22.7 Å². The molecule has 0 saturated carbocycles. The van der Waals surface area contributed by atoms with E-state index in [0.717, 1.165) is 47.5 Å². The van der Waals surface area contributed by atoms with E-state index in [9.17, 15) is 4.79 Å². The van der Waals surface area contributed by atoms with Gasteiger partial charge in [0.2, 0.25) is 0 Å². The van der Waals surface area contributed by atoms with Crippen LogP contribution in [0.5, 0.6) is 0 Å². The summed E-state index contributed by atoms with van der Waals surface area (Å²) < 4.78 is 5.80. The second kappa shape index (κ2) is 8.73. The van der Waals surface area contributed by atoms with Crippen molar-refractivity contribution in [1.29, 1.82) is 0 Å². The molecule has 0 aliphatic carbocycles. The minimum absolute atomic E-state index is 0.402. The number of benzene rings is 3. The van der Waals surface area contributed by atoms with Gasteiger partial charge in [0.05, 0.1) is 17.0 Å². The SMILES string of the molecule is Cc1sc(-c2ccccc2)nc1-c1c(-c2nc(-c3ccccc3)sc2C)c2ccccc2oc1=O. The van der Waals surface area contributed by atoms with E-state index in [-0.39, 0.29) is 0 Å². The maximum Gasteiger partial charge on any atom is 0.346 e. The van der Waals surface area contributed by atoms with Crippen molar-refractivity contribution in [2.24, 2.45) is 0 Å². The lowest BCUT2D eigenvalue weighted by Crippen LogP contribution is -2.07. The molecule has 0 unspecified atom stereocenters. The molecule has 35 heavy (non-hydrogen) atoms. The summed E-state index contributed by atoms with van der Waals surface area (Å²) in [5.74, 6) is 0. The Kier molecular flexibility index (Phi) is 5.40. The monoisotopic (exact) mass is 492 g/mol. The Labute approximate surface area is 210 Å². The molecule has 3 aromatic heterocycles. The Morgan fingerprint density at radius 1 is 0.629 bits per heavy atom. The molecule has 0 fully saturated rings. The van der Waals surface area contributed by atoms with Crippen LogP contribution in [0.3, 0.4) is 0 Å². The largest absolute Gasteiger partial charge is 0.422 e. The lowest BCUT2D eigenvalue weighted by atomic mass is 9.98. The van der Waals surface area contributed by atoms with Crippen molar-refractivity contribution in [3.63, 3.8) is 0 Å². The van der Waals surface area contributed by atoms with Gasteiger partial charge in [0, 0.05) is 31.8 Å². The van der Waals surface area contributed by atoms with E-state index >= 15 is 0 Å². The van der Waals surface area contributed by atoms with Crippen LogP contribution in [0.25, 0.3) is 54.6 Å². The van der Waals surface area contributed by atoms with Crippen molar-refractivity contribution in [2.45, 2.75) is 13.8 Å². The number of thiazole rings is 2. The molecule has 4 nitrogen and oxygen atoms in total. The highest BCUT2D eigenvalue weighted by atomic mass is 32.1. The summed E-state index contributed by atoms with van der Waals surface area (Å²) in [4.78, 5) is 25.5. The van der Waals surface area contributed by atoms with Gasteiger partial charge in [-0.2, -0.15) is 0 Å². The van der Waals surface area contributed by atoms with Crippen LogP contribution in [0.2, 0.25) is 0 Å². The molecule has 6 heteroatoms. The fourth-order valence-electron chi connectivity index (χ4n) is 4.28. The molecule has 0 saturated heterocycles. The third kappa shape index (κ3) is 3.81. The third-order valence-electron chi connectivity index (χ3n) is 5.92. The molecular formula is C29H20N2O2S2. The van der Waals surface area contributed by atoms with Gasteiger partial charge in [-0.25, -0.2) is 14.8 Å². The minimum Gasteiger partial charge on any atom is -0.422 e. The Balaban J connectivity index is 1.64. The van der Waals surface area contributed by atoms with Gasteiger partial charge in [0.25, 0.3) is 0 Å². The zero-order valence-corrected chi connectivity index (χ0v) is 20.7. The Bertz CT molecular complexity index is 1730. The molecule has 0 amide bonds. The number of rotatable bonds is 4. The van der Waals surface area contributed by atoms with Gasteiger partial charge < -0.3 is 4.42 Å². The maximum absolute atomic E-state index is 13.5. The van der Waals surface area contributed by atoms with E-state index in [2.05, 4.69) is 19.1 Å². The molecule has 0 bridgehead atoms. The highest BCUT2D eigenvalue weighted by molar-refractivity contribution is 7.15. The highest BCUT2D eigenvalue weighted by Gasteiger charge is 2.25. The Morgan fingerprint density at radius 2 is 1.11 bits per heavy atom. The molecule has 3 aromatic carbocycles. The molecule has 170 valence electrons. The summed E-state index contributed by atoms with van der Waals surface area (Å²) in [5.41, 5.74) is 4.90. The van der Waals surface area contributed by atoms with Crippen molar-refractivity contribution >= 4 is 33.6 Å². The first kappa shape index (κ1) is 21.6. The molecule has 0 N–H and O–H groups in total. The van der Waals surface area contributed by atoms with Crippen LogP contribution in [0.4, 0.5) is 0 Å². The number of para-hydroxylation sites is 1. The lowest BCUT2D eigenvalue weighted by Gasteiger charge is -2.10. The third-order valence-corrected chi connectivity index (χ3v) is 7.96. The van der Waals surface area contributed by atoms with E-state index < -0.39 is 5.63 Å². The fraction of sp³-hybridized carbons (Fsp3) is 0.0690. The van der Waals surface area contributed by atoms with Crippen molar-refractivity contribution in [3.8, 4) is 43.7 Å². The zero-order valence-electron chi connectivity index (χ0n) is 19.1. The van der Waals surface area contributed by atoms with Crippen molar-refractivity contribution < 1.29 is 4.42 Å². The number of hydrogen-bond donors (Lipinski definition) is 0. The van der Waals surface area contributed by atoms with E-state index in [1.807, 2.05) is 79.7 Å². The fourth-order valence-corrected chi connectivity index (χ4v) is 6.13. The highest BCUT2D eigenvalue weighted by Crippen LogP contribution is 2.42. The summed E-state index contributed by atoms with van der Waals surface area (Å²) >= 11 is 3.20. The number of nitrogens with zero attached hydrogens (tertiary/aromatic N) is 2. The van der Waals surface area contributed by atoms with Crippen molar-refractivity contribution in [1.82, 2.24) is 9.97 Å². The molecule has 0 spiro atoms. The molecule has 6 rings (SSSR count). The van der Waals surface area contributed by atoms with Gasteiger partial charge in [-0.05, 0) is 19.9 Å². The Hall–Kier alpha value is -3.87. The lowest BCUT2D eigenvalue weighted by molar-refractivity contribution is 0.563. The quantitative estimate of drug-likeness (QED) is 0.234. The zero-order chi connectivity index (χ0) is 23.9. The second-order valence-corrected chi connectivity index (χ2v) is 10.6. The predicted molar refractivity (Wildman–Crippen MR) is 145 cm³/mol. The molecule has 0 radical (unpaired) electrons. The topological polar surface area (TPSA) is 56.0 Å². The second-order valence-electron chi connectivity index (χ2n) is 8.22. The summed E-state index contributed by atoms with van der Waals surface area (Å²) in [5, 5.41) is 2.64. The molecule has 0 atom stereocenters. The average molecular weight is 493 g/mol. The van der Waals surface area contributed by atoms with Crippen LogP contribution in [0.1, 0.15) is 9.75 Å². The standard InChI is InChI=1S/C29H20N2O2S2/c1-17-25(30-27(34-17)19-11-5-3-6-12-19)23-21-15-9-10-16-22(21)33-29(32)24(23)26-18(2)35-28(31-26)20-13-7-4-8-14-20/h3-16H,1-2H3. The summed E-state index contributed by atoms with van der Waals surface area (Å²) in [7, 11) is 0. The molecular weight excluding hydrogens is 472 g/mol. The van der Waals surface area contributed by atoms with Gasteiger partial charge in [-0.3, -0.25) is 0 Å². The molecule has 0 aliphatic rings. The van der Waals surface area contributed by atoms with Crippen LogP contribution in [0.15, 0.2) is 94.1 Å². The summed E-state index contributed by atoms with van der Waals surface area (Å²) in [6.07, 6.45) is 0. The number of hydrogen-bond acceptors (Lipinski definition) is 6. The van der Waals surface area contributed by atoms with Crippen LogP contribution in [-0.2, 0) is 0 Å². The van der Waals surface area contributed by atoms with Gasteiger partial charge in [0.1, 0.15) is 15.6 Å².